The summed E-state index contributed by atoms with van der Waals surface area (Å²) in [5.41, 5.74) is 15.9. The number of amides is 1. The largest absolute Gasteiger partial charge is 0.461 e. The van der Waals surface area contributed by atoms with Crippen molar-refractivity contribution in [2.45, 2.75) is 66.0 Å². The lowest BCUT2D eigenvalue weighted by molar-refractivity contribution is -0.145. The third-order valence-electron chi connectivity index (χ3n) is 7.59. The summed E-state index contributed by atoms with van der Waals surface area (Å²) >= 11 is 0. The van der Waals surface area contributed by atoms with Crippen molar-refractivity contribution in [1.82, 2.24) is 14.9 Å². The first-order valence-electron chi connectivity index (χ1n) is 14.6. The van der Waals surface area contributed by atoms with Crippen molar-refractivity contribution in [1.29, 1.82) is 0 Å². The van der Waals surface area contributed by atoms with Gasteiger partial charge >= 0.3 is 11.9 Å². The number of halogens is 1. The summed E-state index contributed by atoms with van der Waals surface area (Å²) in [6, 6.07) is 3.28. The molecule has 3 heterocycles. The average molecular weight is 626 g/mol. The van der Waals surface area contributed by atoms with Crippen LogP contribution < -0.4 is 22.3 Å². The second kappa shape index (κ2) is 15.5. The molecule has 0 fully saturated rings. The molecule has 2 aromatic heterocycles. The molecule has 1 aromatic carbocycles. The van der Waals surface area contributed by atoms with Crippen molar-refractivity contribution < 1.29 is 33.0 Å². The summed E-state index contributed by atoms with van der Waals surface area (Å²) in [4.78, 5) is 60.9. The van der Waals surface area contributed by atoms with E-state index in [0.29, 0.717) is 40.1 Å². The number of pyridine rings is 2. The maximum atomic E-state index is 14.6. The van der Waals surface area contributed by atoms with Gasteiger partial charge in [0.25, 0.3) is 11.5 Å². The monoisotopic (exact) mass is 625 g/mol. The normalized spacial score (nSPS) is 12.9. The number of fused-ring (bicyclic) bond motifs is 4. The van der Waals surface area contributed by atoms with Crippen LogP contribution in [0.4, 0.5) is 4.39 Å². The van der Waals surface area contributed by atoms with Crippen LogP contribution in [-0.4, -0.2) is 60.4 Å². The number of carbonyl (C=O) groups is 4. The molecule has 45 heavy (non-hydrogen) atoms. The van der Waals surface area contributed by atoms with Crippen LogP contribution in [0.2, 0.25) is 0 Å². The van der Waals surface area contributed by atoms with E-state index in [2.05, 4.69) is 15.8 Å². The molecule has 0 saturated carbocycles. The molecule has 1 atom stereocenters. The number of aromatic nitrogens is 2. The first-order valence-corrected chi connectivity index (χ1v) is 14.6. The van der Waals surface area contributed by atoms with Crippen LogP contribution in [0.5, 0.6) is 0 Å². The molecule has 3 aromatic rings. The number of esters is 2. The Morgan fingerprint density at radius 1 is 1.13 bits per heavy atom. The summed E-state index contributed by atoms with van der Waals surface area (Å²) in [5.74, 6) is -2.45. The molecule has 0 spiro atoms. The zero-order chi connectivity index (χ0) is 33.4. The second-order valence-electron chi connectivity index (χ2n) is 10.8. The fourth-order valence-electron chi connectivity index (χ4n) is 5.44. The number of likely N-dealkylation sites (N-methyl/N-ethyl adjacent to an activating group) is 1. The summed E-state index contributed by atoms with van der Waals surface area (Å²) in [6.07, 6.45) is 3.34. The van der Waals surface area contributed by atoms with Crippen molar-refractivity contribution in [3.8, 4) is 11.4 Å². The highest BCUT2D eigenvalue weighted by atomic mass is 19.1. The topological polar surface area (TPSA) is 186 Å². The molecule has 0 radical (unpaired) electrons. The molecule has 5 N–H and O–H groups in total. The first-order chi connectivity index (χ1) is 21.4. The van der Waals surface area contributed by atoms with Crippen molar-refractivity contribution >= 4 is 35.0 Å². The van der Waals surface area contributed by atoms with Crippen LogP contribution in [0.3, 0.4) is 0 Å². The van der Waals surface area contributed by atoms with Crippen LogP contribution >= 0.6 is 0 Å². The molecule has 1 aliphatic heterocycles. The van der Waals surface area contributed by atoms with Gasteiger partial charge in [-0.25, -0.2) is 9.37 Å². The summed E-state index contributed by atoms with van der Waals surface area (Å²) in [7, 11) is 1.88. The number of nitrogens with two attached hydrogens (primary N) is 2. The van der Waals surface area contributed by atoms with Gasteiger partial charge in [0.1, 0.15) is 18.7 Å². The highest BCUT2D eigenvalue weighted by Crippen LogP contribution is 2.41. The number of carbonyl (C=O) groups excluding carboxylic acids is 4. The SMILES string of the molecule is CC(=O)OCC(N)=O.CC(=O)OCc1c(C(C)C=O)cc2n(c1=O)Cc1c-2nc2cc(F)c(C)c3c2c1CCC3.CNCCN. The van der Waals surface area contributed by atoms with E-state index in [1.54, 1.807) is 24.5 Å². The van der Waals surface area contributed by atoms with E-state index in [4.69, 9.17) is 15.5 Å². The Labute approximate surface area is 260 Å². The lowest BCUT2D eigenvalue weighted by Gasteiger charge is -2.21. The van der Waals surface area contributed by atoms with Crippen molar-refractivity contribution in [2.75, 3.05) is 26.7 Å². The Kier molecular flexibility index (Phi) is 12.0. The molecule has 12 nitrogen and oxygen atoms in total. The molecular weight excluding hydrogens is 585 g/mol. The molecule has 1 unspecified atom stereocenters. The number of primary amides is 1. The molecule has 1 amide bonds. The summed E-state index contributed by atoms with van der Waals surface area (Å²) in [6.45, 7) is 7.50. The third kappa shape index (κ3) is 7.97. The number of rotatable bonds is 8. The van der Waals surface area contributed by atoms with Crippen molar-refractivity contribution in [2.24, 2.45) is 11.5 Å². The van der Waals surface area contributed by atoms with Gasteiger partial charge in [0.05, 0.1) is 29.0 Å². The number of aldehydes is 1. The molecule has 1 aliphatic carbocycles. The molecular formula is C32H40FN5O7. The van der Waals surface area contributed by atoms with Crippen LogP contribution in [-0.2, 0) is 54.6 Å². The van der Waals surface area contributed by atoms with E-state index in [0.717, 1.165) is 60.7 Å². The first kappa shape index (κ1) is 35.0. The van der Waals surface area contributed by atoms with Gasteiger partial charge in [-0.05, 0) is 61.6 Å². The quantitative estimate of drug-likeness (QED) is 0.193. The van der Waals surface area contributed by atoms with E-state index in [1.807, 2.05) is 7.05 Å². The number of nitrogens with one attached hydrogen (secondary N) is 1. The minimum absolute atomic E-state index is 0.185. The molecule has 0 bridgehead atoms. The van der Waals surface area contributed by atoms with E-state index in [-0.39, 0.29) is 24.6 Å². The van der Waals surface area contributed by atoms with Gasteiger partial charge in [-0.2, -0.15) is 0 Å². The third-order valence-corrected chi connectivity index (χ3v) is 7.59. The van der Waals surface area contributed by atoms with E-state index < -0.39 is 23.8 Å². The fourth-order valence-corrected chi connectivity index (χ4v) is 5.44. The van der Waals surface area contributed by atoms with Gasteiger partial charge in [0.2, 0.25) is 0 Å². The highest BCUT2D eigenvalue weighted by molar-refractivity contribution is 5.92. The fraction of sp³-hybridized carbons (Fsp3) is 0.438. The molecule has 242 valence electrons. The summed E-state index contributed by atoms with van der Waals surface area (Å²) in [5, 5.41) is 3.90. The Hall–Kier alpha value is -4.49. The minimum atomic E-state index is -0.639. The van der Waals surface area contributed by atoms with Crippen LogP contribution in [0, 0.1) is 12.7 Å². The number of hydrogen-bond acceptors (Lipinski definition) is 10. The van der Waals surface area contributed by atoms with Gasteiger partial charge in [0.15, 0.2) is 6.61 Å². The van der Waals surface area contributed by atoms with E-state index in [1.165, 1.54) is 19.9 Å². The maximum Gasteiger partial charge on any atom is 0.303 e. The van der Waals surface area contributed by atoms with Crippen LogP contribution in [0.1, 0.15) is 66.5 Å². The molecule has 13 heteroatoms. The minimum Gasteiger partial charge on any atom is -0.461 e. The van der Waals surface area contributed by atoms with Gasteiger partial charge in [-0.15, -0.1) is 0 Å². The van der Waals surface area contributed by atoms with Crippen molar-refractivity contribution in [3.63, 3.8) is 0 Å². The van der Waals surface area contributed by atoms with Gasteiger partial charge < -0.3 is 35.6 Å². The zero-order valence-electron chi connectivity index (χ0n) is 26.3. The second-order valence-corrected chi connectivity index (χ2v) is 10.8. The number of nitrogens with zero attached hydrogens (tertiary/aromatic N) is 2. The number of aryl methyl sites for hydroxylation is 2. The molecule has 0 saturated heterocycles. The Morgan fingerprint density at radius 3 is 2.33 bits per heavy atom. The number of ether oxygens (including phenoxy) is 2. The van der Waals surface area contributed by atoms with Crippen LogP contribution in [0.25, 0.3) is 22.3 Å². The number of benzene rings is 1. The van der Waals surface area contributed by atoms with Crippen molar-refractivity contribution in [3.05, 3.63) is 61.7 Å². The van der Waals surface area contributed by atoms with Gasteiger partial charge in [-0.3, -0.25) is 19.2 Å². The Bertz CT molecular complexity index is 1670. The zero-order valence-corrected chi connectivity index (χ0v) is 26.3. The van der Waals surface area contributed by atoms with Crippen LogP contribution in [0.15, 0.2) is 16.9 Å². The average Bonchev–Trinajstić information content (AvgIpc) is 3.37. The lowest BCUT2D eigenvalue weighted by Crippen LogP contribution is -2.26. The number of hydrogen-bond donors (Lipinski definition) is 3. The Morgan fingerprint density at radius 2 is 1.80 bits per heavy atom. The lowest BCUT2D eigenvalue weighted by atomic mass is 9.85. The Balaban J connectivity index is 0.000000359. The maximum absolute atomic E-state index is 14.6. The molecule has 2 aliphatic rings. The van der Waals surface area contributed by atoms with Gasteiger partial charge in [0, 0.05) is 49.9 Å². The molecule has 5 rings (SSSR count). The highest BCUT2D eigenvalue weighted by Gasteiger charge is 2.31. The standard InChI is InChI=1S/C25H23FN2O4.C4H7NO3.C3H10N2/c1-12(10-29)17-7-22-24-18(9-28(22)25(31)19(17)11-32-14(3)30)16-6-4-5-15-13(2)20(26)8-21(27-24)23(15)16;1-3(6)8-2-4(5)7;1-5-3-2-4/h7-8,10,12H,4-6,9,11H2,1-3H3;2H2,1H3,(H2,5,7);5H,2-4H2,1H3. The summed E-state index contributed by atoms with van der Waals surface area (Å²) < 4.78 is 25.5. The van der Waals surface area contributed by atoms with E-state index >= 15 is 0 Å². The van der Waals surface area contributed by atoms with Gasteiger partial charge in [-0.1, -0.05) is 6.92 Å². The predicted molar refractivity (Wildman–Crippen MR) is 166 cm³/mol. The van der Waals surface area contributed by atoms with E-state index in [9.17, 15) is 28.4 Å². The predicted octanol–water partition coefficient (Wildman–Crippen LogP) is 1.93. The smallest absolute Gasteiger partial charge is 0.303 e.